The van der Waals surface area contributed by atoms with Crippen LogP contribution in [0.3, 0.4) is 0 Å². The number of aryl methyl sites for hydroxylation is 1. The van der Waals surface area contributed by atoms with E-state index < -0.39 is 0 Å². The number of hydrogen-bond donors (Lipinski definition) is 0. The zero-order valence-electron chi connectivity index (χ0n) is 13.7. The molecule has 1 aromatic heterocycles. The third-order valence-corrected chi connectivity index (χ3v) is 4.38. The van der Waals surface area contributed by atoms with Crippen molar-refractivity contribution in [2.45, 2.75) is 6.92 Å². The molecule has 0 aliphatic rings. The number of aromatic nitrogens is 1. The molecule has 0 aliphatic heterocycles. The van der Waals surface area contributed by atoms with Crippen LogP contribution in [0, 0.1) is 6.92 Å². The van der Waals surface area contributed by atoms with Gasteiger partial charge in [0.25, 0.3) is 0 Å². The first-order chi connectivity index (χ1) is 11.8. The summed E-state index contributed by atoms with van der Waals surface area (Å²) in [5, 5.41) is 1.30. The Morgan fingerprint density at radius 1 is 0.708 bits per heavy atom. The minimum absolute atomic E-state index is 1.22. The van der Waals surface area contributed by atoms with Crippen molar-refractivity contribution >= 4 is 22.7 Å². The van der Waals surface area contributed by atoms with Crippen molar-refractivity contribution in [1.82, 2.24) is 4.57 Å². The van der Waals surface area contributed by atoms with E-state index in [0.29, 0.717) is 0 Å². The molecule has 0 aliphatic carbocycles. The standard InChI is InChI=1S/C23H19N/c1-18-16-24(23-15-9-8-14-21(18)23)17-22(19-10-4-2-5-11-19)20-12-6-3-7-13-20/h2-17H,1H3. The first kappa shape index (κ1) is 14.5. The Morgan fingerprint density at radius 2 is 1.25 bits per heavy atom. The van der Waals surface area contributed by atoms with E-state index in [9.17, 15) is 0 Å². The van der Waals surface area contributed by atoms with Crippen molar-refractivity contribution < 1.29 is 0 Å². The lowest BCUT2D eigenvalue weighted by Gasteiger charge is -2.10. The molecule has 116 valence electrons. The highest BCUT2D eigenvalue weighted by Crippen LogP contribution is 2.27. The van der Waals surface area contributed by atoms with Gasteiger partial charge in [0, 0.05) is 23.4 Å². The number of benzene rings is 3. The van der Waals surface area contributed by atoms with E-state index in [-0.39, 0.29) is 0 Å². The maximum absolute atomic E-state index is 2.24. The summed E-state index contributed by atoms with van der Waals surface area (Å²) < 4.78 is 2.24. The molecule has 0 saturated carbocycles. The summed E-state index contributed by atoms with van der Waals surface area (Å²) in [6, 6.07) is 29.7. The topological polar surface area (TPSA) is 4.93 Å². The summed E-state index contributed by atoms with van der Waals surface area (Å²) in [4.78, 5) is 0. The zero-order chi connectivity index (χ0) is 16.4. The lowest BCUT2D eigenvalue weighted by Crippen LogP contribution is -1.92. The SMILES string of the molecule is Cc1cn(C=C(c2ccccc2)c2ccccc2)c2ccccc12. The molecule has 0 spiro atoms. The van der Waals surface area contributed by atoms with Crippen LogP contribution in [0.25, 0.3) is 22.7 Å². The average molecular weight is 309 g/mol. The van der Waals surface area contributed by atoms with Gasteiger partial charge in [-0.25, -0.2) is 0 Å². The summed E-state index contributed by atoms with van der Waals surface area (Å²) in [6.07, 6.45) is 4.44. The molecule has 1 heteroatoms. The maximum Gasteiger partial charge on any atom is 0.0525 e. The van der Waals surface area contributed by atoms with Crippen LogP contribution in [0.5, 0.6) is 0 Å². The Labute approximate surface area is 142 Å². The van der Waals surface area contributed by atoms with Crippen molar-refractivity contribution in [3.63, 3.8) is 0 Å². The van der Waals surface area contributed by atoms with E-state index in [1.54, 1.807) is 0 Å². The smallest absolute Gasteiger partial charge is 0.0525 e. The average Bonchev–Trinajstić information content (AvgIpc) is 2.97. The Morgan fingerprint density at radius 3 is 1.88 bits per heavy atom. The summed E-state index contributed by atoms with van der Waals surface area (Å²) in [5.41, 5.74) is 6.19. The minimum Gasteiger partial charge on any atom is -0.322 e. The molecule has 1 nitrogen and oxygen atoms in total. The highest BCUT2D eigenvalue weighted by atomic mass is 14.9. The number of para-hydroxylation sites is 1. The molecular formula is C23H19N. The van der Waals surface area contributed by atoms with Gasteiger partial charge < -0.3 is 4.57 Å². The molecule has 0 amide bonds. The second-order valence-electron chi connectivity index (χ2n) is 6.01. The lowest BCUT2D eigenvalue weighted by molar-refractivity contribution is 1.21. The quantitative estimate of drug-likeness (QED) is 0.437. The zero-order valence-corrected chi connectivity index (χ0v) is 13.7. The van der Waals surface area contributed by atoms with Gasteiger partial charge in [0.1, 0.15) is 0 Å². The van der Waals surface area contributed by atoms with Crippen LogP contribution in [0.1, 0.15) is 16.7 Å². The fraction of sp³-hybridized carbons (Fsp3) is 0.0435. The third kappa shape index (κ3) is 2.65. The van der Waals surface area contributed by atoms with Gasteiger partial charge >= 0.3 is 0 Å². The van der Waals surface area contributed by atoms with Crippen molar-refractivity contribution in [1.29, 1.82) is 0 Å². The Balaban J connectivity index is 1.94. The molecule has 0 radical (unpaired) electrons. The molecule has 0 fully saturated rings. The van der Waals surface area contributed by atoms with Gasteiger partial charge in [-0.3, -0.25) is 0 Å². The van der Waals surface area contributed by atoms with Gasteiger partial charge in [-0.2, -0.15) is 0 Å². The van der Waals surface area contributed by atoms with Crippen molar-refractivity contribution in [2.75, 3.05) is 0 Å². The molecule has 24 heavy (non-hydrogen) atoms. The van der Waals surface area contributed by atoms with Gasteiger partial charge in [-0.15, -0.1) is 0 Å². The summed E-state index contributed by atoms with van der Waals surface area (Å²) >= 11 is 0. The van der Waals surface area contributed by atoms with Gasteiger partial charge in [-0.05, 0) is 29.7 Å². The Hall–Kier alpha value is -3.06. The molecule has 1 heterocycles. The maximum atomic E-state index is 2.24. The number of rotatable bonds is 3. The molecule has 4 aromatic rings. The second-order valence-corrected chi connectivity index (χ2v) is 6.01. The van der Waals surface area contributed by atoms with Crippen molar-refractivity contribution in [2.24, 2.45) is 0 Å². The van der Waals surface area contributed by atoms with Gasteiger partial charge in [0.05, 0.1) is 5.52 Å². The molecular weight excluding hydrogens is 290 g/mol. The van der Waals surface area contributed by atoms with Crippen LogP contribution in [-0.4, -0.2) is 4.57 Å². The fourth-order valence-corrected chi connectivity index (χ4v) is 3.18. The molecule has 0 saturated heterocycles. The van der Waals surface area contributed by atoms with Crippen LogP contribution < -0.4 is 0 Å². The van der Waals surface area contributed by atoms with Crippen LogP contribution in [0.4, 0.5) is 0 Å². The molecule has 0 unspecified atom stereocenters. The Kier molecular flexibility index (Phi) is 3.76. The van der Waals surface area contributed by atoms with Gasteiger partial charge in [0.15, 0.2) is 0 Å². The van der Waals surface area contributed by atoms with E-state index in [1.807, 2.05) is 0 Å². The highest BCUT2D eigenvalue weighted by Gasteiger charge is 2.07. The molecule has 3 aromatic carbocycles. The van der Waals surface area contributed by atoms with Crippen molar-refractivity contribution in [3.05, 3.63) is 108 Å². The number of fused-ring (bicyclic) bond motifs is 1. The highest BCUT2D eigenvalue weighted by molar-refractivity contribution is 5.92. The first-order valence-electron chi connectivity index (χ1n) is 8.22. The molecule has 4 rings (SSSR count). The van der Waals surface area contributed by atoms with Gasteiger partial charge in [0.2, 0.25) is 0 Å². The fourth-order valence-electron chi connectivity index (χ4n) is 3.18. The molecule has 0 N–H and O–H groups in total. The largest absolute Gasteiger partial charge is 0.322 e. The number of nitrogens with zero attached hydrogens (tertiary/aromatic N) is 1. The molecule has 0 atom stereocenters. The normalized spacial score (nSPS) is 10.7. The second kappa shape index (κ2) is 6.21. The minimum atomic E-state index is 1.22. The van der Waals surface area contributed by atoms with E-state index in [1.165, 1.54) is 33.2 Å². The van der Waals surface area contributed by atoms with E-state index >= 15 is 0 Å². The van der Waals surface area contributed by atoms with E-state index in [2.05, 4.69) is 109 Å². The summed E-state index contributed by atoms with van der Waals surface area (Å²) in [6.45, 7) is 2.16. The van der Waals surface area contributed by atoms with Crippen LogP contribution in [0.2, 0.25) is 0 Å². The Bertz CT molecular complexity index is 951. The van der Waals surface area contributed by atoms with Crippen LogP contribution in [0.15, 0.2) is 91.1 Å². The monoisotopic (exact) mass is 309 g/mol. The lowest BCUT2D eigenvalue weighted by atomic mass is 9.99. The predicted molar refractivity (Wildman–Crippen MR) is 103 cm³/mol. The van der Waals surface area contributed by atoms with Crippen LogP contribution >= 0.6 is 0 Å². The molecule has 0 bridgehead atoms. The van der Waals surface area contributed by atoms with Gasteiger partial charge in [-0.1, -0.05) is 78.9 Å². The third-order valence-electron chi connectivity index (χ3n) is 4.38. The summed E-state index contributed by atoms with van der Waals surface area (Å²) in [7, 11) is 0. The first-order valence-corrected chi connectivity index (χ1v) is 8.22. The van der Waals surface area contributed by atoms with Crippen molar-refractivity contribution in [3.8, 4) is 0 Å². The number of hydrogen-bond acceptors (Lipinski definition) is 0. The predicted octanol–water partition coefficient (Wildman–Crippen LogP) is 6.00. The van der Waals surface area contributed by atoms with Crippen LogP contribution in [-0.2, 0) is 0 Å². The van der Waals surface area contributed by atoms with E-state index in [4.69, 9.17) is 0 Å². The van der Waals surface area contributed by atoms with E-state index in [0.717, 1.165) is 0 Å². The summed E-state index contributed by atoms with van der Waals surface area (Å²) in [5.74, 6) is 0.